The quantitative estimate of drug-likeness (QED) is 0.681. The molecular weight excluding hydrogens is 212 g/mol. The zero-order valence-corrected chi connectivity index (χ0v) is 9.90. The smallest absolute Gasteiger partial charge is 0.0963 e. The summed E-state index contributed by atoms with van der Waals surface area (Å²) in [5.41, 5.74) is 10.8. The Morgan fingerprint density at radius 2 is 2.24 bits per heavy atom. The van der Waals surface area contributed by atoms with Crippen LogP contribution in [-0.4, -0.2) is 10.1 Å². The molecule has 0 saturated carbocycles. The van der Waals surface area contributed by atoms with Gasteiger partial charge in [0.05, 0.1) is 17.3 Å². The molecule has 1 heterocycles. The summed E-state index contributed by atoms with van der Waals surface area (Å²) >= 11 is 0. The molecule has 1 aliphatic rings. The van der Waals surface area contributed by atoms with E-state index in [9.17, 15) is 5.11 Å². The molecule has 0 bridgehead atoms. The third-order valence-electron chi connectivity index (χ3n) is 3.65. The maximum absolute atomic E-state index is 10.0. The molecule has 3 nitrogen and oxygen atoms in total. The molecule has 3 rings (SSSR count). The Morgan fingerprint density at radius 1 is 1.41 bits per heavy atom. The predicted octanol–water partition coefficient (Wildman–Crippen LogP) is 2.50. The fraction of sp³-hybridized carbons (Fsp3) is 0.357. The minimum absolute atomic E-state index is 0.403. The monoisotopic (exact) mass is 228 g/mol. The average molecular weight is 228 g/mol. The SMILES string of the molecule is Cc1c2c(nc3ccc(N)cc13)C(O)CCC2. The number of rotatable bonds is 0. The number of fused-ring (bicyclic) bond motifs is 2. The van der Waals surface area contributed by atoms with Gasteiger partial charge in [0.25, 0.3) is 0 Å². The summed E-state index contributed by atoms with van der Waals surface area (Å²) in [7, 11) is 0. The van der Waals surface area contributed by atoms with Gasteiger partial charge in [0.2, 0.25) is 0 Å². The molecule has 3 heteroatoms. The van der Waals surface area contributed by atoms with Crippen LogP contribution in [0.3, 0.4) is 0 Å². The van der Waals surface area contributed by atoms with Gasteiger partial charge in [-0.2, -0.15) is 0 Å². The fourth-order valence-corrected chi connectivity index (χ4v) is 2.70. The number of pyridine rings is 1. The molecule has 0 spiro atoms. The van der Waals surface area contributed by atoms with Crippen LogP contribution in [-0.2, 0) is 6.42 Å². The Kier molecular flexibility index (Phi) is 2.30. The molecular formula is C14H16N2O. The third kappa shape index (κ3) is 1.58. The number of anilines is 1. The number of nitrogens with two attached hydrogens (primary N) is 1. The lowest BCUT2D eigenvalue weighted by atomic mass is 9.89. The Bertz CT molecular complexity index is 592. The Morgan fingerprint density at radius 3 is 3.06 bits per heavy atom. The molecule has 1 aliphatic carbocycles. The van der Waals surface area contributed by atoms with Crippen molar-refractivity contribution >= 4 is 16.6 Å². The molecule has 0 amide bonds. The lowest BCUT2D eigenvalue weighted by Gasteiger charge is -2.23. The highest BCUT2D eigenvalue weighted by molar-refractivity contribution is 5.86. The molecule has 88 valence electrons. The summed E-state index contributed by atoms with van der Waals surface area (Å²) in [6.07, 6.45) is 2.46. The van der Waals surface area contributed by atoms with Gasteiger partial charge in [0.15, 0.2) is 0 Å². The Hall–Kier alpha value is -1.61. The topological polar surface area (TPSA) is 59.1 Å². The van der Waals surface area contributed by atoms with Gasteiger partial charge >= 0.3 is 0 Å². The maximum Gasteiger partial charge on any atom is 0.0963 e. The van der Waals surface area contributed by atoms with E-state index in [0.29, 0.717) is 0 Å². The van der Waals surface area contributed by atoms with Gasteiger partial charge in [0, 0.05) is 11.1 Å². The lowest BCUT2D eigenvalue weighted by Crippen LogP contribution is -2.13. The summed E-state index contributed by atoms with van der Waals surface area (Å²) in [6.45, 7) is 2.10. The van der Waals surface area contributed by atoms with Gasteiger partial charge in [-0.1, -0.05) is 0 Å². The molecule has 0 saturated heterocycles. The number of aliphatic hydroxyl groups is 1. The summed E-state index contributed by atoms with van der Waals surface area (Å²) in [5, 5.41) is 11.1. The summed E-state index contributed by atoms with van der Waals surface area (Å²) in [6, 6.07) is 5.76. The van der Waals surface area contributed by atoms with Crippen LogP contribution < -0.4 is 5.73 Å². The van der Waals surface area contributed by atoms with Gasteiger partial charge in [-0.15, -0.1) is 0 Å². The minimum Gasteiger partial charge on any atom is -0.399 e. The van der Waals surface area contributed by atoms with E-state index in [4.69, 9.17) is 5.73 Å². The first kappa shape index (κ1) is 10.5. The molecule has 0 fully saturated rings. The van der Waals surface area contributed by atoms with Crippen LogP contribution in [0.15, 0.2) is 18.2 Å². The second kappa shape index (κ2) is 3.70. The van der Waals surface area contributed by atoms with Crippen molar-refractivity contribution < 1.29 is 5.11 Å². The summed E-state index contributed by atoms with van der Waals surface area (Å²) < 4.78 is 0. The highest BCUT2D eigenvalue weighted by Crippen LogP contribution is 2.34. The number of hydrogen-bond donors (Lipinski definition) is 2. The first-order chi connectivity index (χ1) is 8.16. The van der Waals surface area contributed by atoms with Gasteiger partial charge in [-0.05, 0) is 55.5 Å². The first-order valence-electron chi connectivity index (χ1n) is 6.03. The van der Waals surface area contributed by atoms with Crippen molar-refractivity contribution in [3.8, 4) is 0 Å². The Labute approximate surface area is 100 Å². The van der Waals surface area contributed by atoms with Crippen LogP contribution in [0.25, 0.3) is 10.9 Å². The zero-order valence-electron chi connectivity index (χ0n) is 9.90. The van der Waals surface area contributed by atoms with E-state index >= 15 is 0 Å². The second-order valence-electron chi connectivity index (χ2n) is 4.79. The highest BCUT2D eigenvalue weighted by Gasteiger charge is 2.22. The Balaban J connectivity index is 2.35. The van der Waals surface area contributed by atoms with E-state index in [1.807, 2.05) is 18.2 Å². The molecule has 17 heavy (non-hydrogen) atoms. The van der Waals surface area contributed by atoms with Crippen LogP contribution in [0.5, 0.6) is 0 Å². The van der Waals surface area contributed by atoms with Crippen molar-refractivity contribution in [1.82, 2.24) is 4.98 Å². The van der Waals surface area contributed by atoms with Gasteiger partial charge < -0.3 is 10.8 Å². The normalized spacial score (nSPS) is 19.3. The third-order valence-corrected chi connectivity index (χ3v) is 3.65. The number of aryl methyl sites for hydroxylation is 1. The summed E-state index contributed by atoms with van der Waals surface area (Å²) in [4.78, 5) is 4.59. The van der Waals surface area contributed by atoms with E-state index in [2.05, 4.69) is 11.9 Å². The van der Waals surface area contributed by atoms with Crippen molar-refractivity contribution in [3.63, 3.8) is 0 Å². The van der Waals surface area contributed by atoms with E-state index < -0.39 is 6.10 Å². The number of nitrogens with zero attached hydrogens (tertiary/aromatic N) is 1. The van der Waals surface area contributed by atoms with E-state index in [-0.39, 0.29) is 0 Å². The van der Waals surface area contributed by atoms with Crippen molar-refractivity contribution in [3.05, 3.63) is 35.0 Å². The molecule has 2 aromatic rings. The number of nitrogen functional groups attached to an aromatic ring is 1. The van der Waals surface area contributed by atoms with Crippen LogP contribution >= 0.6 is 0 Å². The maximum atomic E-state index is 10.0. The van der Waals surface area contributed by atoms with Crippen LogP contribution in [0, 0.1) is 6.92 Å². The molecule has 1 aromatic carbocycles. The average Bonchev–Trinajstić information content (AvgIpc) is 2.32. The van der Waals surface area contributed by atoms with Gasteiger partial charge in [-0.25, -0.2) is 4.98 Å². The van der Waals surface area contributed by atoms with Gasteiger partial charge in [-0.3, -0.25) is 0 Å². The molecule has 1 atom stereocenters. The highest BCUT2D eigenvalue weighted by atomic mass is 16.3. The van der Waals surface area contributed by atoms with Crippen LogP contribution in [0.1, 0.15) is 35.8 Å². The molecule has 1 unspecified atom stereocenters. The summed E-state index contributed by atoms with van der Waals surface area (Å²) in [5.74, 6) is 0. The molecule has 0 aliphatic heterocycles. The van der Waals surface area contributed by atoms with E-state index in [1.165, 1.54) is 11.1 Å². The van der Waals surface area contributed by atoms with Crippen LogP contribution in [0.4, 0.5) is 5.69 Å². The fourth-order valence-electron chi connectivity index (χ4n) is 2.70. The lowest BCUT2D eigenvalue weighted by molar-refractivity contribution is 0.152. The largest absolute Gasteiger partial charge is 0.399 e. The van der Waals surface area contributed by atoms with E-state index in [1.54, 1.807) is 0 Å². The van der Waals surface area contributed by atoms with Crippen molar-refractivity contribution in [2.75, 3.05) is 5.73 Å². The number of aliphatic hydroxyl groups excluding tert-OH is 1. The van der Waals surface area contributed by atoms with E-state index in [0.717, 1.165) is 41.5 Å². The minimum atomic E-state index is -0.403. The number of benzene rings is 1. The number of hydrogen-bond acceptors (Lipinski definition) is 3. The second-order valence-corrected chi connectivity index (χ2v) is 4.79. The van der Waals surface area contributed by atoms with Crippen molar-refractivity contribution in [2.45, 2.75) is 32.3 Å². The number of aromatic nitrogens is 1. The predicted molar refractivity (Wildman–Crippen MR) is 68.8 cm³/mol. The van der Waals surface area contributed by atoms with Crippen molar-refractivity contribution in [2.24, 2.45) is 0 Å². The molecule has 3 N–H and O–H groups in total. The van der Waals surface area contributed by atoms with Crippen LogP contribution in [0.2, 0.25) is 0 Å². The molecule has 0 radical (unpaired) electrons. The first-order valence-corrected chi connectivity index (χ1v) is 6.03. The standard InChI is InChI=1S/C14H16N2O/c1-8-10-3-2-4-13(17)14(10)16-12-6-5-9(15)7-11(8)12/h5-7,13,17H,2-4,15H2,1H3. The van der Waals surface area contributed by atoms with Crippen molar-refractivity contribution in [1.29, 1.82) is 0 Å². The molecule has 1 aromatic heterocycles. The van der Waals surface area contributed by atoms with Gasteiger partial charge in [0.1, 0.15) is 0 Å². The zero-order chi connectivity index (χ0) is 12.0.